The number of carbonyl (C=O) groups is 3. The molecule has 0 fully saturated rings. The lowest BCUT2D eigenvalue weighted by Gasteiger charge is -2.37. The van der Waals surface area contributed by atoms with Gasteiger partial charge in [0.15, 0.2) is 0 Å². The highest BCUT2D eigenvalue weighted by atomic mass is 16.6. The minimum atomic E-state index is -1.12. The first-order valence-corrected chi connectivity index (χ1v) is 14.2. The van der Waals surface area contributed by atoms with Gasteiger partial charge in [0.1, 0.15) is 23.4 Å². The van der Waals surface area contributed by atoms with Crippen LogP contribution in [0.1, 0.15) is 68.5 Å². The molecule has 0 spiro atoms. The highest BCUT2D eigenvalue weighted by molar-refractivity contribution is 6.00. The lowest BCUT2D eigenvalue weighted by atomic mass is 9.95. The third-order valence-corrected chi connectivity index (χ3v) is 6.84. The van der Waals surface area contributed by atoms with Crippen molar-refractivity contribution in [3.8, 4) is 18.1 Å². The fraction of sp³-hybridized carbons (Fsp3) is 0.343. The number of aryl methyl sites for hydroxylation is 2. The van der Waals surface area contributed by atoms with Crippen LogP contribution in [-0.2, 0) is 20.7 Å². The molecule has 8 nitrogen and oxygen atoms in total. The van der Waals surface area contributed by atoms with Gasteiger partial charge in [-0.3, -0.25) is 9.59 Å². The molecule has 0 saturated heterocycles. The van der Waals surface area contributed by atoms with Crippen LogP contribution >= 0.6 is 0 Å². The molecule has 2 atom stereocenters. The van der Waals surface area contributed by atoms with Gasteiger partial charge in [-0.2, -0.15) is 0 Å². The molecule has 3 rings (SSSR count). The van der Waals surface area contributed by atoms with Gasteiger partial charge in [-0.25, -0.2) is 4.79 Å². The van der Waals surface area contributed by atoms with E-state index in [1.54, 1.807) is 71.0 Å². The second-order valence-corrected chi connectivity index (χ2v) is 11.8. The minimum absolute atomic E-state index is 0.0738. The highest BCUT2D eigenvalue weighted by Gasteiger charge is 2.39. The monoisotopic (exact) mass is 583 g/mol. The second-order valence-electron chi connectivity index (χ2n) is 11.8. The van der Waals surface area contributed by atoms with E-state index in [2.05, 4.69) is 16.6 Å². The van der Waals surface area contributed by atoms with E-state index in [-0.39, 0.29) is 12.2 Å². The summed E-state index contributed by atoms with van der Waals surface area (Å²) in [5, 5.41) is 15.5. The zero-order valence-electron chi connectivity index (χ0n) is 25.9. The number of ether oxygens (including phenoxy) is 1. The van der Waals surface area contributed by atoms with Crippen molar-refractivity contribution in [2.45, 2.75) is 78.6 Å². The van der Waals surface area contributed by atoms with Crippen LogP contribution in [0.3, 0.4) is 0 Å². The summed E-state index contributed by atoms with van der Waals surface area (Å²) >= 11 is 0. The Balaban J connectivity index is 2.13. The summed E-state index contributed by atoms with van der Waals surface area (Å²) in [5.74, 6) is 1.79. The Hall–Kier alpha value is -4.77. The van der Waals surface area contributed by atoms with Crippen molar-refractivity contribution in [1.82, 2.24) is 10.2 Å². The molecule has 3 amide bonds. The van der Waals surface area contributed by atoms with Crippen molar-refractivity contribution in [2.75, 3.05) is 5.32 Å². The molecule has 3 aromatic rings. The number of benzene rings is 3. The third kappa shape index (κ3) is 8.62. The predicted molar refractivity (Wildman–Crippen MR) is 169 cm³/mol. The number of anilines is 1. The van der Waals surface area contributed by atoms with Crippen molar-refractivity contribution in [3.63, 3.8) is 0 Å². The van der Waals surface area contributed by atoms with Gasteiger partial charge in [0.2, 0.25) is 5.91 Å². The molecule has 0 aliphatic carbocycles. The van der Waals surface area contributed by atoms with Gasteiger partial charge < -0.3 is 25.4 Å². The summed E-state index contributed by atoms with van der Waals surface area (Å²) in [4.78, 5) is 43.2. The Bertz CT molecular complexity index is 1480. The molecule has 3 N–H and O–H groups in total. The summed E-state index contributed by atoms with van der Waals surface area (Å²) in [6.45, 7) is 12.6. The molecule has 0 radical (unpaired) electrons. The molecule has 0 aliphatic rings. The molecule has 0 aromatic heterocycles. The summed E-state index contributed by atoms with van der Waals surface area (Å²) in [5.41, 5.74) is 3.24. The third-order valence-electron chi connectivity index (χ3n) is 6.84. The summed E-state index contributed by atoms with van der Waals surface area (Å²) < 4.78 is 5.48. The van der Waals surface area contributed by atoms with Gasteiger partial charge in [-0.1, -0.05) is 54.5 Å². The molecule has 0 heterocycles. The van der Waals surface area contributed by atoms with E-state index in [1.165, 1.54) is 17.0 Å². The number of nitrogens with zero attached hydrogens (tertiary/aromatic N) is 1. The van der Waals surface area contributed by atoms with E-state index in [9.17, 15) is 19.5 Å². The van der Waals surface area contributed by atoms with Crippen LogP contribution in [0, 0.1) is 26.2 Å². The highest BCUT2D eigenvalue weighted by Crippen LogP contribution is 2.30. The average Bonchev–Trinajstić information content (AvgIpc) is 2.93. The fourth-order valence-corrected chi connectivity index (χ4v) is 4.86. The maximum absolute atomic E-state index is 14.5. The Morgan fingerprint density at radius 2 is 1.56 bits per heavy atom. The average molecular weight is 584 g/mol. The second kappa shape index (κ2) is 13.9. The smallest absolute Gasteiger partial charge is 0.408 e. The number of phenols is 1. The molecule has 8 heteroatoms. The summed E-state index contributed by atoms with van der Waals surface area (Å²) in [7, 11) is 0. The molecule has 2 unspecified atom stereocenters. The molecule has 0 saturated carbocycles. The molecule has 0 aliphatic heterocycles. The lowest BCUT2D eigenvalue weighted by Crippen LogP contribution is -2.55. The zero-order chi connectivity index (χ0) is 31.9. The summed E-state index contributed by atoms with van der Waals surface area (Å²) in [6, 6.07) is 16.4. The van der Waals surface area contributed by atoms with Crippen molar-refractivity contribution >= 4 is 23.6 Å². The lowest BCUT2D eigenvalue weighted by molar-refractivity contribution is -0.142. The first kappa shape index (κ1) is 32.7. The van der Waals surface area contributed by atoms with Crippen molar-refractivity contribution < 1.29 is 24.2 Å². The molecule has 226 valence electrons. The van der Waals surface area contributed by atoms with Crippen molar-refractivity contribution in [3.05, 3.63) is 94.5 Å². The molecular formula is C35H41N3O5. The van der Waals surface area contributed by atoms with Gasteiger partial charge >= 0.3 is 6.09 Å². The quantitative estimate of drug-likeness (QED) is 0.266. The van der Waals surface area contributed by atoms with Crippen LogP contribution in [0.5, 0.6) is 5.75 Å². The number of amides is 3. The number of para-hydroxylation sites is 1. The number of alkyl carbamates (subject to hydrolysis) is 1. The Kier molecular flexibility index (Phi) is 10.6. The van der Waals surface area contributed by atoms with Crippen molar-refractivity contribution in [1.29, 1.82) is 0 Å². The standard InChI is InChI=1S/C35H41N3O5/c1-9-26-15-10-11-16-28(26)31(32(40)37-30-23(4)13-12-14-24(30)5)38(22(2)3)33(41)29(36-34(42)43-35(6,7)8)21-25-17-19-27(39)20-18-25/h1,10-20,22,29,31,39H,21H2,2-8H3,(H,36,42)(H,37,40). The topological polar surface area (TPSA) is 108 Å². The molecule has 0 bridgehead atoms. The molecule has 3 aromatic carbocycles. The van der Waals surface area contributed by atoms with Crippen LogP contribution in [-0.4, -0.2) is 45.6 Å². The number of carbonyl (C=O) groups excluding carboxylic acids is 3. The van der Waals surface area contributed by atoms with E-state index in [4.69, 9.17) is 11.2 Å². The number of hydrogen-bond donors (Lipinski definition) is 3. The molecule has 43 heavy (non-hydrogen) atoms. The Morgan fingerprint density at radius 1 is 0.953 bits per heavy atom. The fourth-order valence-electron chi connectivity index (χ4n) is 4.86. The maximum Gasteiger partial charge on any atom is 0.408 e. The first-order chi connectivity index (χ1) is 20.2. The Morgan fingerprint density at radius 3 is 2.12 bits per heavy atom. The van der Waals surface area contributed by atoms with E-state index < -0.39 is 41.6 Å². The Labute approximate surface area is 254 Å². The number of nitrogens with one attached hydrogen (secondary N) is 2. The van der Waals surface area contributed by atoms with E-state index in [1.807, 2.05) is 32.0 Å². The van der Waals surface area contributed by atoms with Crippen LogP contribution in [0.25, 0.3) is 0 Å². The van der Waals surface area contributed by atoms with Crippen molar-refractivity contribution in [2.24, 2.45) is 0 Å². The number of aromatic hydroxyl groups is 1. The van der Waals surface area contributed by atoms with Gasteiger partial charge in [-0.15, -0.1) is 6.42 Å². The van der Waals surface area contributed by atoms with Gasteiger partial charge in [0.05, 0.1) is 0 Å². The minimum Gasteiger partial charge on any atom is -0.508 e. The van der Waals surface area contributed by atoms with Gasteiger partial charge in [-0.05, 0) is 88.9 Å². The number of rotatable bonds is 9. The summed E-state index contributed by atoms with van der Waals surface area (Å²) in [6.07, 6.45) is 5.18. The zero-order valence-corrected chi connectivity index (χ0v) is 25.9. The predicted octanol–water partition coefficient (Wildman–Crippen LogP) is 6.04. The van der Waals surface area contributed by atoms with E-state index in [0.717, 1.165) is 11.1 Å². The van der Waals surface area contributed by atoms with Gasteiger partial charge in [0, 0.05) is 23.7 Å². The molecular weight excluding hydrogens is 542 g/mol. The SMILES string of the molecule is C#Cc1ccccc1C(C(=O)Nc1c(C)cccc1C)N(C(=O)C(Cc1ccc(O)cc1)NC(=O)OC(C)(C)C)C(C)C. The van der Waals surface area contributed by atoms with E-state index >= 15 is 0 Å². The largest absolute Gasteiger partial charge is 0.508 e. The first-order valence-electron chi connectivity index (χ1n) is 14.2. The maximum atomic E-state index is 14.5. The van der Waals surface area contributed by atoms with Crippen LogP contribution in [0.15, 0.2) is 66.7 Å². The van der Waals surface area contributed by atoms with E-state index in [0.29, 0.717) is 22.4 Å². The normalized spacial score (nSPS) is 12.5. The van der Waals surface area contributed by atoms with Crippen LogP contribution in [0.2, 0.25) is 0 Å². The van der Waals surface area contributed by atoms with Crippen LogP contribution in [0.4, 0.5) is 10.5 Å². The number of phenolic OH excluding ortho intramolecular Hbond substituents is 1. The number of terminal acetylenes is 1. The van der Waals surface area contributed by atoms with Gasteiger partial charge in [0.25, 0.3) is 5.91 Å². The number of hydrogen-bond acceptors (Lipinski definition) is 5. The van der Waals surface area contributed by atoms with Crippen LogP contribution < -0.4 is 10.6 Å².